The lowest BCUT2D eigenvalue weighted by Gasteiger charge is -2.17. The monoisotopic (exact) mass is 374 g/mol. The zero-order valence-electron chi connectivity index (χ0n) is 14.2. The number of aromatic nitrogens is 1. The van der Waals surface area contributed by atoms with Crippen LogP contribution < -0.4 is 5.32 Å². The van der Waals surface area contributed by atoms with Crippen molar-refractivity contribution in [3.8, 4) is 11.8 Å². The standard InChI is InChI=1S/C22H15ClN2O2/c23-19-8-4-7-17(12-19)21-20(25-22(26)27-21)18-11-16(13-24-14-18)10-9-15-5-2-1-3-6-15/h1-8,11-14,20-21H,(H,25,26)/t20-,21-/m1/s1. The number of ether oxygens (including phenoxy) is 1. The second kappa shape index (κ2) is 7.53. The van der Waals surface area contributed by atoms with Crippen LogP contribution in [0.4, 0.5) is 4.79 Å². The molecule has 27 heavy (non-hydrogen) atoms. The minimum atomic E-state index is -0.477. The molecule has 5 heteroatoms. The van der Waals surface area contributed by atoms with E-state index in [0.29, 0.717) is 5.02 Å². The average molecular weight is 375 g/mol. The van der Waals surface area contributed by atoms with Crippen LogP contribution in [0, 0.1) is 11.8 Å². The molecule has 3 aromatic rings. The highest BCUT2D eigenvalue weighted by molar-refractivity contribution is 6.30. The summed E-state index contributed by atoms with van der Waals surface area (Å²) in [6, 6.07) is 18.6. The number of rotatable bonds is 2. The molecule has 1 saturated heterocycles. The maximum absolute atomic E-state index is 11.9. The van der Waals surface area contributed by atoms with Crippen molar-refractivity contribution in [1.29, 1.82) is 0 Å². The van der Waals surface area contributed by atoms with Crippen LogP contribution in [0.25, 0.3) is 0 Å². The number of halogens is 1. The third kappa shape index (κ3) is 3.94. The lowest BCUT2D eigenvalue weighted by molar-refractivity contribution is 0.132. The average Bonchev–Trinajstić information content (AvgIpc) is 3.09. The van der Waals surface area contributed by atoms with Gasteiger partial charge in [0, 0.05) is 28.5 Å². The fraction of sp³-hybridized carbons (Fsp3) is 0.0909. The molecule has 0 unspecified atom stereocenters. The number of alkyl carbamates (subject to hydrolysis) is 1. The zero-order valence-corrected chi connectivity index (χ0v) is 15.0. The normalized spacial score (nSPS) is 18.2. The van der Waals surface area contributed by atoms with Crippen molar-refractivity contribution in [2.24, 2.45) is 0 Å². The summed E-state index contributed by atoms with van der Waals surface area (Å²) in [5, 5.41) is 3.44. The SMILES string of the molecule is O=C1N[C@H](c2cncc(C#Cc3ccccc3)c2)[C@@H](c2cccc(Cl)c2)O1. The van der Waals surface area contributed by atoms with Crippen molar-refractivity contribution in [1.82, 2.24) is 10.3 Å². The summed E-state index contributed by atoms with van der Waals surface area (Å²) in [4.78, 5) is 16.2. The molecule has 2 heterocycles. The van der Waals surface area contributed by atoms with Crippen LogP contribution in [0.1, 0.15) is 34.4 Å². The maximum atomic E-state index is 11.9. The molecule has 1 amide bonds. The number of nitrogens with zero attached hydrogens (tertiary/aromatic N) is 1. The van der Waals surface area contributed by atoms with E-state index in [1.807, 2.05) is 48.5 Å². The Bertz CT molecular complexity index is 1040. The summed E-state index contributed by atoms with van der Waals surface area (Å²) in [6.07, 6.45) is 2.47. The van der Waals surface area contributed by atoms with Gasteiger partial charge in [-0.15, -0.1) is 0 Å². The number of hydrogen-bond acceptors (Lipinski definition) is 3. The predicted molar refractivity (Wildman–Crippen MR) is 103 cm³/mol. The summed E-state index contributed by atoms with van der Waals surface area (Å²) in [5.74, 6) is 6.22. The van der Waals surface area contributed by atoms with Gasteiger partial charge >= 0.3 is 6.09 Å². The Morgan fingerprint density at radius 2 is 1.74 bits per heavy atom. The molecule has 0 aliphatic carbocycles. The van der Waals surface area contributed by atoms with Crippen LogP contribution in [-0.4, -0.2) is 11.1 Å². The summed E-state index contributed by atoms with van der Waals surface area (Å²) in [5.41, 5.74) is 3.34. The summed E-state index contributed by atoms with van der Waals surface area (Å²) in [7, 11) is 0. The second-order valence-corrected chi connectivity index (χ2v) is 6.56. The van der Waals surface area contributed by atoms with E-state index in [4.69, 9.17) is 16.3 Å². The fourth-order valence-electron chi connectivity index (χ4n) is 2.98. The van der Waals surface area contributed by atoms with E-state index in [0.717, 1.165) is 22.3 Å². The lowest BCUT2D eigenvalue weighted by atomic mass is 9.97. The first-order valence-electron chi connectivity index (χ1n) is 8.44. The van der Waals surface area contributed by atoms with Crippen molar-refractivity contribution in [2.75, 3.05) is 0 Å². The predicted octanol–water partition coefficient (Wildman–Crippen LogP) is 4.66. The van der Waals surface area contributed by atoms with Crippen molar-refractivity contribution in [3.63, 3.8) is 0 Å². The maximum Gasteiger partial charge on any atom is 0.408 e. The molecule has 1 aromatic heterocycles. The molecule has 2 aromatic carbocycles. The molecule has 1 aliphatic heterocycles. The van der Waals surface area contributed by atoms with E-state index in [1.165, 1.54) is 0 Å². The lowest BCUT2D eigenvalue weighted by Crippen LogP contribution is -2.19. The molecule has 4 rings (SSSR count). The Hall–Kier alpha value is -3.29. The molecule has 4 nitrogen and oxygen atoms in total. The Balaban J connectivity index is 1.64. The van der Waals surface area contributed by atoms with E-state index >= 15 is 0 Å². The number of carbonyl (C=O) groups is 1. The van der Waals surface area contributed by atoms with Crippen molar-refractivity contribution < 1.29 is 9.53 Å². The van der Waals surface area contributed by atoms with Gasteiger partial charge in [0.2, 0.25) is 0 Å². The van der Waals surface area contributed by atoms with Gasteiger partial charge in [0.25, 0.3) is 0 Å². The number of benzene rings is 2. The third-order valence-electron chi connectivity index (χ3n) is 4.23. The number of carbonyl (C=O) groups excluding carboxylic acids is 1. The van der Waals surface area contributed by atoms with Gasteiger partial charge in [-0.25, -0.2) is 4.79 Å². The topological polar surface area (TPSA) is 51.2 Å². The van der Waals surface area contributed by atoms with Crippen molar-refractivity contribution in [3.05, 3.63) is 100 Å². The van der Waals surface area contributed by atoms with Gasteiger partial charge in [0.05, 0.1) is 0 Å². The van der Waals surface area contributed by atoms with Gasteiger partial charge in [-0.2, -0.15) is 0 Å². The van der Waals surface area contributed by atoms with E-state index in [-0.39, 0.29) is 6.04 Å². The van der Waals surface area contributed by atoms with Crippen LogP contribution in [0.5, 0.6) is 0 Å². The highest BCUT2D eigenvalue weighted by Crippen LogP contribution is 2.37. The molecule has 1 fully saturated rings. The molecule has 0 spiro atoms. The summed E-state index contributed by atoms with van der Waals surface area (Å²) >= 11 is 6.09. The Kier molecular flexibility index (Phi) is 4.78. The fourth-order valence-corrected chi connectivity index (χ4v) is 3.18. The zero-order chi connectivity index (χ0) is 18.6. The van der Waals surface area contributed by atoms with E-state index in [9.17, 15) is 4.79 Å². The van der Waals surface area contributed by atoms with E-state index < -0.39 is 12.2 Å². The number of pyridine rings is 1. The van der Waals surface area contributed by atoms with Crippen molar-refractivity contribution in [2.45, 2.75) is 12.1 Å². The smallest absolute Gasteiger partial charge is 0.408 e. The van der Waals surface area contributed by atoms with Gasteiger partial charge < -0.3 is 10.1 Å². The molecular formula is C22H15ClN2O2. The number of hydrogen-bond donors (Lipinski definition) is 1. The first-order chi connectivity index (χ1) is 13.2. The second-order valence-electron chi connectivity index (χ2n) is 6.13. The summed E-state index contributed by atoms with van der Waals surface area (Å²) < 4.78 is 5.47. The highest BCUT2D eigenvalue weighted by atomic mass is 35.5. The molecular weight excluding hydrogens is 360 g/mol. The van der Waals surface area contributed by atoms with Crippen LogP contribution in [0.3, 0.4) is 0 Å². The quantitative estimate of drug-likeness (QED) is 0.664. The van der Waals surface area contributed by atoms with E-state index in [1.54, 1.807) is 24.5 Å². The minimum absolute atomic E-state index is 0.359. The molecule has 2 atom stereocenters. The van der Waals surface area contributed by atoms with Crippen LogP contribution >= 0.6 is 11.6 Å². The minimum Gasteiger partial charge on any atom is -0.439 e. The van der Waals surface area contributed by atoms with Gasteiger partial charge in [-0.1, -0.05) is 53.8 Å². The molecule has 1 N–H and O–H groups in total. The first kappa shape index (κ1) is 17.1. The van der Waals surface area contributed by atoms with Crippen LogP contribution in [0.2, 0.25) is 5.02 Å². The Labute approximate surface area is 162 Å². The van der Waals surface area contributed by atoms with Crippen molar-refractivity contribution >= 4 is 17.7 Å². The Morgan fingerprint density at radius 3 is 2.56 bits per heavy atom. The van der Waals surface area contributed by atoms with Gasteiger partial charge in [0.1, 0.15) is 6.04 Å². The van der Waals surface area contributed by atoms with Gasteiger partial charge in [-0.05, 0) is 41.5 Å². The molecule has 0 bridgehead atoms. The van der Waals surface area contributed by atoms with Gasteiger partial charge in [0.15, 0.2) is 6.10 Å². The summed E-state index contributed by atoms with van der Waals surface area (Å²) in [6.45, 7) is 0. The number of amides is 1. The van der Waals surface area contributed by atoms with Gasteiger partial charge in [-0.3, -0.25) is 4.98 Å². The highest BCUT2D eigenvalue weighted by Gasteiger charge is 2.36. The van der Waals surface area contributed by atoms with Crippen LogP contribution in [-0.2, 0) is 4.74 Å². The molecule has 132 valence electrons. The molecule has 0 saturated carbocycles. The third-order valence-corrected chi connectivity index (χ3v) is 4.47. The number of cyclic esters (lactones) is 1. The first-order valence-corrected chi connectivity index (χ1v) is 8.81. The van der Waals surface area contributed by atoms with E-state index in [2.05, 4.69) is 22.1 Å². The molecule has 0 radical (unpaired) electrons. The molecule has 1 aliphatic rings. The number of nitrogens with one attached hydrogen (secondary N) is 1. The van der Waals surface area contributed by atoms with Crippen LogP contribution in [0.15, 0.2) is 73.1 Å². The Morgan fingerprint density at radius 1 is 0.926 bits per heavy atom. The largest absolute Gasteiger partial charge is 0.439 e.